The molecule has 2 unspecified atom stereocenters. The summed E-state index contributed by atoms with van der Waals surface area (Å²) in [5, 5.41) is 4.71. The first-order chi connectivity index (χ1) is 9.75. The first kappa shape index (κ1) is 16.5. The van der Waals surface area contributed by atoms with Crippen LogP contribution in [0.25, 0.3) is 0 Å². The Morgan fingerprint density at radius 1 is 1.43 bits per heavy atom. The van der Waals surface area contributed by atoms with Crippen molar-refractivity contribution in [3.8, 4) is 0 Å². The molecule has 2 rings (SSSR count). The Kier molecular flexibility index (Phi) is 4.76. The van der Waals surface area contributed by atoms with Crippen LogP contribution in [0, 0.1) is 0 Å². The van der Waals surface area contributed by atoms with Crippen LogP contribution in [0.15, 0.2) is 6.20 Å². The van der Waals surface area contributed by atoms with Gasteiger partial charge in [-0.15, -0.1) is 0 Å². The average Bonchev–Trinajstić information content (AvgIpc) is 2.79. The van der Waals surface area contributed by atoms with Crippen LogP contribution in [0.3, 0.4) is 0 Å². The molecule has 5 heteroatoms. The van der Waals surface area contributed by atoms with E-state index in [9.17, 15) is 0 Å². The summed E-state index contributed by atoms with van der Waals surface area (Å²) in [5.41, 5.74) is 8.39. The van der Waals surface area contributed by atoms with E-state index >= 15 is 0 Å². The first-order valence-corrected chi connectivity index (χ1v) is 7.87. The van der Waals surface area contributed by atoms with Crippen molar-refractivity contribution in [3.63, 3.8) is 0 Å². The van der Waals surface area contributed by atoms with Gasteiger partial charge in [0, 0.05) is 43.4 Å². The second-order valence-electron chi connectivity index (χ2n) is 7.28. The molecule has 0 amide bonds. The third-order valence-corrected chi connectivity index (χ3v) is 4.17. The van der Waals surface area contributed by atoms with Gasteiger partial charge in [0.15, 0.2) is 0 Å². The smallest absolute Gasteiger partial charge is 0.0895 e. The van der Waals surface area contributed by atoms with Gasteiger partial charge >= 0.3 is 0 Å². The van der Waals surface area contributed by atoms with E-state index in [1.165, 1.54) is 5.56 Å². The molecule has 0 spiro atoms. The number of nitrogens with two attached hydrogens (primary N) is 1. The van der Waals surface area contributed by atoms with Gasteiger partial charge in [-0.05, 0) is 13.8 Å². The predicted octanol–water partition coefficient (Wildman–Crippen LogP) is 1.83. The highest BCUT2D eigenvalue weighted by atomic mass is 16.5. The van der Waals surface area contributed by atoms with Crippen LogP contribution >= 0.6 is 0 Å². The minimum Gasteiger partial charge on any atom is -0.374 e. The number of ether oxygens (including phenoxy) is 1. The van der Waals surface area contributed by atoms with Gasteiger partial charge in [0.1, 0.15) is 0 Å². The van der Waals surface area contributed by atoms with Crippen molar-refractivity contribution < 1.29 is 4.74 Å². The summed E-state index contributed by atoms with van der Waals surface area (Å²) in [6, 6.07) is 0.646. The summed E-state index contributed by atoms with van der Waals surface area (Å²) >= 11 is 0. The Balaban J connectivity index is 2.49. The van der Waals surface area contributed by atoms with Gasteiger partial charge in [0.2, 0.25) is 0 Å². The Hall–Kier alpha value is -0.910. The third-order valence-electron chi connectivity index (χ3n) is 4.17. The van der Waals surface area contributed by atoms with Crippen molar-refractivity contribution in [3.05, 3.63) is 17.5 Å². The quantitative estimate of drug-likeness (QED) is 0.924. The van der Waals surface area contributed by atoms with Crippen LogP contribution in [0.4, 0.5) is 0 Å². The van der Waals surface area contributed by atoms with Gasteiger partial charge in [-0.1, -0.05) is 20.8 Å². The predicted molar refractivity (Wildman–Crippen MR) is 85.3 cm³/mol. The molecular weight excluding hydrogens is 264 g/mol. The van der Waals surface area contributed by atoms with Crippen molar-refractivity contribution >= 4 is 0 Å². The molecule has 0 saturated carbocycles. The van der Waals surface area contributed by atoms with Gasteiger partial charge in [-0.25, -0.2) is 0 Å². The molecule has 2 atom stereocenters. The van der Waals surface area contributed by atoms with Crippen LogP contribution in [0.2, 0.25) is 0 Å². The van der Waals surface area contributed by atoms with E-state index in [1.54, 1.807) is 0 Å². The van der Waals surface area contributed by atoms with E-state index in [0.29, 0.717) is 12.6 Å². The van der Waals surface area contributed by atoms with E-state index in [-0.39, 0.29) is 17.6 Å². The molecule has 0 aromatic carbocycles. The lowest BCUT2D eigenvalue weighted by molar-refractivity contribution is -0.0793. The number of hydrogen-bond donors (Lipinski definition) is 1. The maximum atomic E-state index is 5.98. The van der Waals surface area contributed by atoms with Crippen molar-refractivity contribution in [1.82, 2.24) is 14.7 Å². The number of aryl methyl sites for hydroxylation is 1. The number of hydrogen-bond acceptors (Lipinski definition) is 4. The van der Waals surface area contributed by atoms with Crippen LogP contribution in [0.1, 0.15) is 51.9 Å². The molecule has 120 valence electrons. The minimum atomic E-state index is 0.00976. The fourth-order valence-corrected chi connectivity index (χ4v) is 3.21. The summed E-state index contributed by atoms with van der Waals surface area (Å²) in [7, 11) is 1.99. The maximum absolute atomic E-state index is 5.98. The number of morpholine rings is 1. The molecule has 21 heavy (non-hydrogen) atoms. The lowest BCUT2D eigenvalue weighted by atomic mass is 9.85. The lowest BCUT2D eigenvalue weighted by Gasteiger charge is -2.43. The number of aromatic nitrogens is 2. The van der Waals surface area contributed by atoms with Crippen molar-refractivity contribution in [2.45, 2.75) is 58.2 Å². The summed E-state index contributed by atoms with van der Waals surface area (Å²) in [6.07, 6.45) is 2.17. The van der Waals surface area contributed by atoms with Gasteiger partial charge < -0.3 is 10.5 Å². The second kappa shape index (κ2) is 6.07. The molecule has 1 aliphatic heterocycles. The summed E-state index contributed by atoms with van der Waals surface area (Å²) in [4.78, 5) is 2.49. The molecule has 0 bridgehead atoms. The number of nitrogens with zero attached hydrogens (tertiary/aromatic N) is 3. The fourth-order valence-electron chi connectivity index (χ4n) is 3.21. The average molecular weight is 294 g/mol. The van der Waals surface area contributed by atoms with Crippen molar-refractivity contribution in [2.24, 2.45) is 12.8 Å². The molecule has 2 heterocycles. The summed E-state index contributed by atoms with van der Waals surface area (Å²) in [6.45, 7) is 13.3. The van der Waals surface area contributed by atoms with Gasteiger partial charge in [0.25, 0.3) is 0 Å². The van der Waals surface area contributed by atoms with Crippen molar-refractivity contribution in [2.75, 3.05) is 19.7 Å². The van der Waals surface area contributed by atoms with Crippen molar-refractivity contribution in [1.29, 1.82) is 0 Å². The van der Waals surface area contributed by atoms with E-state index in [2.05, 4.69) is 45.7 Å². The van der Waals surface area contributed by atoms with E-state index in [1.807, 2.05) is 11.7 Å². The Morgan fingerprint density at radius 3 is 2.62 bits per heavy atom. The fraction of sp³-hybridized carbons (Fsp3) is 0.812. The number of rotatable bonds is 3. The van der Waals surface area contributed by atoms with Crippen LogP contribution < -0.4 is 5.73 Å². The summed E-state index contributed by atoms with van der Waals surface area (Å²) in [5.74, 6) is 0. The largest absolute Gasteiger partial charge is 0.374 e. The van der Waals surface area contributed by atoms with Gasteiger partial charge in [0.05, 0.1) is 24.4 Å². The van der Waals surface area contributed by atoms with Crippen LogP contribution in [0.5, 0.6) is 0 Å². The lowest BCUT2D eigenvalue weighted by Crippen LogP contribution is -2.51. The minimum absolute atomic E-state index is 0.00976. The Morgan fingerprint density at radius 2 is 2.10 bits per heavy atom. The Bertz CT molecular complexity index is 475. The third kappa shape index (κ3) is 3.30. The monoisotopic (exact) mass is 294 g/mol. The standard InChI is InChI=1S/C16H30N4O/c1-11(2)20-7-8-21-13(9-17)14(20)12-10-19(6)18-15(12)16(3,4)5/h10-11,13-14H,7-9,17H2,1-6H3. The molecule has 5 nitrogen and oxygen atoms in total. The van der Waals surface area contributed by atoms with Crippen LogP contribution in [-0.2, 0) is 17.2 Å². The molecule has 1 aliphatic rings. The SMILES string of the molecule is CC(C)N1CCOC(CN)C1c1cn(C)nc1C(C)(C)C. The van der Waals surface area contributed by atoms with E-state index < -0.39 is 0 Å². The van der Waals surface area contributed by atoms with E-state index in [0.717, 1.165) is 18.8 Å². The zero-order chi connectivity index (χ0) is 15.8. The molecule has 0 radical (unpaired) electrons. The molecule has 1 saturated heterocycles. The second-order valence-corrected chi connectivity index (χ2v) is 7.28. The van der Waals surface area contributed by atoms with E-state index in [4.69, 9.17) is 15.6 Å². The van der Waals surface area contributed by atoms with Gasteiger partial charge in [-0.2, -0.15) is 5.10 Å². The normalized spacial score (nSPS) is 24.8. The maximum Gasteiger partial charge on any atom is 0.0895 e. The molecular formula is C16H30N4O. The van der Waals surface area contributed by atoms with Crippen LogP contribution in [-0.4, -0.2) is 46.5 Å². The topological polar surface area (TPSA) is 56.3 Å². The highest BCUT2D eigenvalue weighted by Gasteiger charge is 2.38. The molecule has 1 aromatic heterocycles. The molecule has 1 fully saturated rings. The first-order valence-electron chi connectivity index (χ1n) is 7.87. The highest BCUT2D eigenvalue weighted by Crippen LogP contribution is 2.36. The zero-order valence-corrected chi connectivity index (χ0v) is 14.3. The Labute approximate surface area is 128 Å². The van der Waals surface area contributed by atoms with Gasteiger partial charge in [-0.3, -0.25) is 9.58 Å². The highest BCUT2D eigenvalue weighted by molar-refractivity contribution is 5.29. The molecule has 0 aliphatic carbocycles. The summed E-state index contributed by atoms with van der Waals surface area (Å²) < 4.78 is 7.86. The zero-order valence-electron chi connectivity index (χ0n) is 14.3. The molecule has 2 N–H and O–H groups in total. The molecule has 1 aromatic rings.